The van der Waals surface area contributed by atoms with Crippen LogP contribution in [0.4, 0.5) is 5.69 Å². The lowest BCUT2D eigenvalue weighted by Gasteiger charge is -2.04. The second-order valence-corrected chi connectivity index (χ2v) is 7.22. The van der Waals surface area contributed by atoms with Crippen LogP contribution >= 0.6 is 11.3 Å². The van der Waals surface area contributed by atoms with Crippen molar-refractivity contribution in [2.24, 2.45) is 4.99 Å². The highest BCUT2D eigenvalue weighted by Crippen LogP contribution is 2.32. The zero-order chi connectivity index (χ0) is 18.8. The summed E-state index contributed by atoms with van der Waals surface area (Å²) in [6.07, 6.45) is 1.63. The number of aromatic hydroxyl groups is 1. The quantitative estimate of drug-likeness (QED) is 0.464. The summed E-state index contributed by atoms with van der Waals surface area (Å²) in [4.78, 5) is 9.18. The van der Waals surface area contributed by atoms with Gasteiger partial charge in [0.25, 0.3) is 0 Å². The van der Waals surface area contributed by atoms with Crippen molar-refractivity contribution in [2.75, 3.05) is 7.11 Å². The summed E-state index contributed by atoms with van der Waals surface area (Å²) in [5.41, 5.74) is 4.73. The van der Waals surface area contributed by atoms with E-state index in [0.717, 1.165) is 21.8 Å². The average Bonchev–Trinajstić information content (AvgIpc) is 3.11. The summed E-state index contributed by atoms with van der Waals surface area (Å²) in [6, 6.07) is 19.6. The number of hydrogen-bond donors (Lipinski definition) is 1. The molecule has 27 heavy (non-hydrogen) atoms. The summed E-state index contributed by atoms with van der Waals surface area (Å²) >= 11 is 1.68. The van der Waals surface area contributed by atoms with Gasteiger partial charge in [-0.05, 0) is 61.0 Å². The average molecular weight is 374 g/mol. The van der Waals surface area contributed by atoms with Gasteiger partial charge in [0.1, 0.15) is 5.01 Å². The zero-order valence-electron chi connectivity index (χ0n) is 15.0. The van der Waals surface area contributed by atoms with Gasteiger partial charge < -0.3 is 9.84 Å². The minimum atomic E-state index is 0.0881. The van der Waals surface area contributed by atoms with Crippen LogP contribution in [0.25, 0.3) is 20.8 Å². The number of phenolic OH excluding ortho intramolecular Hbond substituents is 1. The number of benzene rings is 3. The molecule has 0 bridgehead atoms. The van der Waals surface area contributed by atoms with Gasteiger partial charge >= 0.3 is 0 Å². The predicted molar refractivity (Wildman–Crippen MR) is 112 cm³/mol. The van der Waals surface area contributed by atoms with Gasteiger partial charge in [0.2, 0.25) is 0 Å². The molecular weight excluding hydrogens is 356 g/mol. The Labute approximate surface area is 161 Å². The maximum Gasteiger partial charge on any atom is 0.166 e. The molecule has 0 radical (unpaired) electrons. The van der Waals surface area contributed by atoms with Crippen molar-refractivity contribution in [3.05, 3.63) is 71.8 Å². The number of hydrogen-bond acceptors (Lipinski definition) is 5. The highest BCUT2D eigenvalue weighted by atomic mass is 32.1. The Kier molecular flexibility index (Phi) is 4.60. The lowest BCUT2D eigenvalue weighted by Crippen LogP contribution is -1.88. The van der Waals surface area contributed by atoms with E-state index in [1.807, 2.05) is 30.3 Å². The van der Waals surface area contributed by atoms with E-state index in [1.165, 1.54) is 17.4 Å². The van der Waals surface area contributed by atoms with Crippen molar-refractivity contribution in [2.45, 2.75) is 6.92 Å². The molecule has 1 aromatic heterocycles. The molecule has 4 rings (SSSR count). The highest BCUT2D eigenvalue weighted by Gasteiger charge is 2.07. The Bertz CT molecular complexity index is 1130. The van der Waals surface area contributed by atoms with E-state index in [1.54, 1.807) is 29.7 Å². The molecule has 0 saturated heterocycles. The summed E-state index contributed by atoms with van der Waals surface area (Å²) < 4.78 is 6.30. The third-order valence-corrected chi connectivity index (χ3v) is 5.35. The molecule has 5 heteroatoms. The third-order valence-electron chi connectivity index (χ3n) is 4.26. The Morgan fingerprint density at radius 2 is 1.89 bits per heavy atom. The minimum Gasteiger partial charge on any atom is -0.504 e. The van der Waals surface area contributed by atoms with Crippen molar-refractivity contribution in [3.8, 4) is 22.1 Å². The first-order valence-corrected chi connectivity index (χ1v) is 9.33. The maximum atomic E-state index is 10.1. The van der Waals surface area contributed by atoms with Crippen LogP contribution in [0.5, 0.6) is 11.5 Å². The first-order valence-electron chi connectivity index (χ1n) is 8.52. The Hall–Kier alpha value is -3.18. The van der Waals surface area contributed by atoms with Gasteiger partial charge in [0.15, 0.2) is 11.5 Å². The van der Waals surface area contributed by atoms with Crippen LogP contribution in [0.2, 0.25) is 0 Å². The van der Waals surface area contributed by atoms with E-state index >= 15 is 0 Å². The van der Waals surface area contributed by atoms with Crippen LogP contribution in [0.15, 0.2) is 65.7 Å². The molecule has 1 N–H and O–H groups in total. The van der Waals surface area contributed by atoms with Crippen molar-refractivity contribution >= 4 is 33.5 Å². The monoisotopic (exact) mass is 374 g/mol. The van der Waals surface area contributed by atoms with Gasteiger partial charge in [-0.25, -0.2) is 4.98 Å². The molecule has 0 aliphatic carbocycles. The summed E-state index contributed by atoms with van der Waals surface area (Å²) in [5, 5.41) is 11.1. The SMILES string of the molecule is COc1cccc(C=Nc2ccc(-c3nc4cc(C)ccc4s3)cc2)c1O. The number of thiazole rings is 1. The van der Waals surface area contributed by atoms with E-state index in [0.29, 0.717) is 11.3 Å². The van der Waals surface area contributed by atoms with Crippen LogP contribution in [0.3, 0.4) is 0 Å². The smallest absolute Gasteiger partial charge is 0.166 e. The molecule has 0 amide bonds. The largest absolute Gasteiger partial charge is 0.504 e. The normalized spacial score (nSPS) is 11.3. The Balaban J connectivity index is 1.58. The number of phenols is 1. The summed E-state index contributed by atoms with van der Waals surface area (Å²) in [5.74, 6) is 0.519. The lowest BCUT2D eigenvalue weighted by molar-refractivity contribution is 0.373. The van der Waals surface area contributed by atoms with E-state index in [2.05, 4.69) is 30.1 Å². The van der Waals surface area contributed by atoms with Gasteiger partial charge in [-0.2, -0.15) is 0 Å². The molecule has 0 atom stereocenters. The Morgan fingerprint density at radius 3 is 2.67 bits per heavy atom. The number of aliphatic imine (C=N–C) groups is 1. The third kappa shape index (κ3) is 3.55. The first-order chi connectivity index (χ1) is 13.1. The van der Waals surface area contributed by atoms with Crippen molar-refractivity contribution in [1.82, 2.24) is 4.98 Å². The molecule has 0 saturated carbocycles. The molecule has 1 heterocycles. The number of aromatic nitrogens is 1. The van der Waals surface area contributed by atoms with Crippen LogP contribution in [-0.4, -0.2) is 23.4 Å². The molecule has 4 aromatic rings. The number of ether oxygens (including phenoxy) is 1. The number of aryl methyl sites for hydroxylation is 1. The van der Waals surface area contributed by atoms with Crippen molar-refractivity contribution < 1.29 is 9.84 Å². The molecule has 0 aliphatic rings. The molecule has 0 aliphatic heterocycles. The number of nitrogens with zero attached hydrogens (tertiary/aromatic N) is 2. The second-order valence-electron chi connectivity index (χ2n) is 6.19. The van der Waals surface area contributed by atoms with Gasteiger partial charge in [-0.1, -0.05) is 12.1 Å². The first kappa shape index (κ1) is 17.2. The number of fused-ring (bicyclic) bond motifs is 1. The van der Waals surface area contributed by atoms with Crippen LogP contribution in [0, 0.1) is 6.92 Å². The van der Waals surface area contributed by atoms with Gasteiger partial charge in [0, 0.05) is 17.3 Å². The summed E-state index contributed by atoms with van der Waals surface area (Å²) in [7, 11) is 1.53. The Morgan fingerprint density at radius 1 is 1.07 bits per heavy atom. The molecule has 0 fully saturated rings. The molecule has 0 unspecified atom stereocenters. The molecule has 3 aromatic carbocycles. The van der Waals surface area contributed by atoms with E-state index in [9.17, 15) is 5.11 Å². The zero-order valence-corrected chi connectivity index (χ0v) is 15.8. The number of para-hydroxylation sites is 1. The topological polar surface area (TPSA) is 54.7 Å². The van der Waals surface area contributed by atoms with Crippen molar-refractivity contribution in [3.63, 3.8) is 0 Å². The van der Waals surface area contributed by atoms with E-state index < -0.39 is 0 Å². The van der Waals surface area contributed by atoms with Crippen LogP contribution < -0.4 is 4.74 Å². The fraction of sp³-hybridized carbons (Fsp3) is 0.0909. The van der Waals surface area contributed by atoms with Crippen LogP contribution in [-0.2, 0) is 0 Å². The number of methoxy groups -OCH3 is 1. The molecule has 0 spiro atoms. The summed E-state index contributed by atoms with van der Waals surface area (Å²) in [6.45, 7) is 2.07. The fourth-order valence-electron chi connectivity index (χ4n) is 2.80. The molecule has 134 valence electrons. The maximum absolute atomic E-state index is 10.1. The standard InChI is InChI=1S/C22H18N2O2S/c1-14-6-11-20-18(12-14)24-22(27-20)15-7-9-17(10-8-15)23-13-16-4-3-5-19(26-2)21(16)25/h3-13,25H,1-2H3. The van der Waals surface area contributed by atoms with Gasteiger partial charge in [-0.3, -0.25) is 4.99 Å². The fourth-order valence-corrected chi connectivity index (χ4v) is 3.75. The molecular formula is C22H18N2O2S. The molecule has 4 nitrogen and oxygen atoms in total. The van der Waals surface area contributed by atoms with E-state index in [4.69, 9.17) is 9.72 Å². The highest BCUT2D eigenvalue weighted by molar-refractivity contribution is 7.21. The van der Waals surface area contributed by atoms with E-state index in [-0.39, 0.29) is 5.75 Å². The second kappa shape index (κ2) is 7.21. The van der Waals surface area contributed by atoms with Crippen molar-refractivity contribution in [1.29, 1.82) is 0 Å². The van der Waals surface area contributed by atoms with Crippen LogP contribution in [0.1, 0.15) is 11.1 Å². The minimum absolute atomic E-state index is 0.0881. The lowest BCUT2D eigenvalue weighted by atomic mass is 10.2. The number of rotatable bonds is 4. The van der Waals surface area contributed by atoms with Gasteiger partial charge in [0.05, 0.1) is 23.0 Å². The van der Waals surface area contributed by atoms with Gasteiger partial charge in [-0.15, -0.1) is 11.3 Å². The predicted octanol–water partition coefficient (Wildman–Crippen LogP) is 5.74.